The van der Waals surface area contributed by atoms with E-state index in [2.05, 4.69) is 38.0 Å². The number of hydrogen-bond acceptors (Lipinski definition) is 4. The Labute approximate surface area is 195 Å². The molecule has 1 saturated carbocycles. The number of rotatable bonds is 8. The molecular formula is C21H33IN6O2. The summed E-state index contributed by atoms with van der Waals surface area (Å²) in [6.45, 7) is 7.02. The quantitative estimate of drug-likeness (QED) is 0.203. The summed E-state index contributed by atoms with van der Waals surface area (Å²) in [6.07, 6.45) is 2.01. The van der Waals surface area contributed by atoms with Crippen molar-refractivity contribution in [3.63, 3.8) is 0 Å². The molecule has 1 heterocycles. The molecule has 2 aliphatic rings. The van der Waals surface area contributed by atoms with E-state index in [1.807, 2.05) is 30.0 Å². The van der Waals surface area contributed by atoms with Crippen molar-refractivity contribution in [3.8, 4) is 0 Å². The second-order valence-corrected chi connectivity index (χ2v) is 7.39. The van der Waals surface area contributed by atoms with Crippen molar-refractivity contribution < 1.29 is 9.59 Å². The van der Waals surface area contributed by atoms with Gasteiger partial charge in [-0.05, 0) is 31.9 Å². The van der Waals surface area contributed by atoms with Gasteiger partial charge in [0.05, 0.1) is 0 Å². The molecule has 0 atom stereocenters. The summed E-state index contributed by atoms with van der Waals surface area (Å²) in [4.78, 5) is 32.8. The average molecular weight is 528 g/mol. The summed E-state index contributed by atoms with van der Waals surface area (Å²) in [5.41, 5.74) is 1.20. The molecule has 0 spiro atoms. The summed E-state index contributed by atoms with van der Waals surface area (Å²) in [7, 11) is 0. The van der Waals surface area contributed by atoms with Crippen LogP contribution in [-0.2, 0) is 9.59 Å². The molecule has 0 unspecified atom stereocenters. The molecule has 1 saturated heterocycles. The van der Waals surface area contributed by atoms with Gasteiger partial charge in [-0.2, -0.15) is 0 Å². The van der Waals surface area contributed by atoms with Gasteiger partial charge in [0.1, 0.15) is 6.54 Å². The van der Waals surface area contributed by atoms with Crippen molar-refractivity contribution >= 4 is 47.4 Å². The van der Waals surface area contributed by atoms with Crippen LogP contribution in [0.2, 0.25) is 0 Å². The van der Waals surface area contributed by atoms with Gasteiger partial charge in [0.25, 0.3) is 0 Å². The van der Waals surface area contributed by atoms with E-state index in [0.29, 0.717) is 38.7 Å². The van der Waals surface area contributed by atoms with E-state index in [1.54, 1.807) is 0 Å². The molecule has 166 valence electrons. The number of nitrogens with zero attached hydrogens (tertiary/aromatic N) is 3. The first kappa shape index (κ1) is 24.2. The summed E-state index contributed by atoms with van der Waals surface area (Å²) in [6, 6.07) is 10.3. The molecule has 2 fully saturated rings. The van der Waals surface area contributed by atoms with Gasteiger partial charge in [0, 0.05) is 57.4 Å². The fourth-order valence-electron chi connectivity index (χ4n) is 3.30. The molecular weight excluding hydrogens is 495 g/mol. The monoisotopic (exact) mass is 528 g/mol. The van der Waals surface area contributed by atoms with Crippen LogP contribution in [0.4, 0.5) is 5.69 Å². The fourth-order valence-corrected chi connectivity index (χ4v) is 3.30. The Balaban J connectivity index is 0.00000320. The van der Waals surface area contributed by atoms with E-state index in [4.69, 9.17) is 0 Å². The van der Waals surface area contributed by atoms with Crippen LogP contribution in [0.25, 0.3) is 0 Å². The van der Waals surface area contributed by atoms with E-state index in [0.717, 1.165) is 25.9 Å². The molecule has 30 heavy (non-hydrogen) atoms. The highest BCUT2D eigenvalue weighted by atomic mass is 127. The molecule has 0 aromatic heterocycles. The van der Waals surface area contributed by atoms with Crippen molar-refractivity contribution in [3.05, 3.63) is 30.3 Å². The number of amides is 2. The van der Waals surface area contributed by atoms with Crippen LogP contribution >= 0.6 is 24.0 Å². The lowest BCUT2D eigenvalue weighted by atomic mass is 10.2. The molecule has 1 aromatic carbocycles. The van der Waals surface area contributed by atoms with Crippen LogP contribution in [-0.4, -0.2) is 75.0 Å². The number of benzene rings is 1. The van der Waals surface area contributed by atoms with Crippen LogP contribution in [0.15, 0.2) is 35.3 Å². The first-order valence-electron chi connectivity index (χ1n) is 10.5. The van der Waals surface area contributed by atoms with Crippen LogP contribution < -0.4 is 20.9 Å². The Morgan fingerprint density at radius 2 is 1.67 bits per heavy atom. The van der Waals surface area contributed by atoms with Crippen molar-refractivity contribution in [1.29, 1.82) is 0 Å². The number of aliphatic imine (C=N–C) groups is 1. The maximum absolute atomic E-state index is 12.5. The Hall–Kier alpha value is -2.04. The normalized spacial score (nSPS) is 16.5. The second kappa shape index (κ2) is 12.6. The number of halogens is 1. The van der Waals surface area contributed by atoms with Crippen molar-refractivity contribution in [2.75, 3.05) is 57.3 Å². The predicted octanol–water partition coefficient (Wildman–Crippen LogP) is 1.03. The predicted molar refractivity (Wildman–Crippen MR) is 130 cm³/mol. The van der Waals surface area contributed by atoms with E-state index >= 15 is 0 Å². The zero-order valence-corrected chi connectivity index (χ0v) is 19.9. The first-order chi connectivity index (χ1) is 14.2. The maximum atomic E-state index is 12.5. The Morgan fingerprint density at radius 1 is 1.00 bits per heavy atom. The van der Waals surface area contributed by atoms with Gasteiger partial charge in [-0.1, -0.05) is 18.2 Å². The number of carbonyl (C=O) groups is 2. The van der Waals surface area contributed by atoms with Gasteiger partial charge in [-0.3, -0.25) is 9.59 Å². The van der Waals surface area contributed by atoms with Gasteiger partial charge < -0.3 is 25.8 Å². The van der Waals surface area contributed by atoms with Crippen LogP contribution in [0.3, 0.4) is 0 Å². The summed E-state index contributed by atoms with van der Waals surface area (Å²) in [5.74, 6) is 0.997. The van der Waals surface area contributed by atoms with Crippen LogP contribution in [0, 0.1) is 5.92 Å². The third kappa shape index (κ3) is 7.66. The minimum Gasteiger partial charge on any atom is -0.368 e. The van der Waals surface area contributed by atoms with Crippen LogP contribution in [0.1, 0.15) is 19.8 Å². The molecule has 1 aromatic rings. The number of piperazine rings is 1. The third-order valence-electron chi connectivity index (χ3n) is 5.14. The molecule has 1 aliphatic heterocycles. The van der Waals surface area contributed by atoms with Gasteiger partial charge in [-0.25, -0.2) is 4.99 Å². The highest BCUT2D eigenvalue weighted by Gasteiger charge is 2.29. The number of guanidine groups is 1. The number of nitrogens with one attached hydrogen (secondary N) is 3. The number of hydrogen-bond donors (Lipinski definition) is 3. The second-order valence-electron chi connectivity index (χ2n) is 7.39. The minimum atomic E-state index is 0. The Morgan fingerprint density at radius 3 is 2.30 bits per heavy atom. The van der Waals surface area contributed by atoms with Crippen molar-refractivity contribution in [1.82, 2.24) is 20.9 Å². The van der Waals surface area contributed by atoms with Gasteiger partial charge in [0.2, 0.25) is 11.8 Å². The zero-order chi connectivity index (χ0) is 20.5. The standard InChI is InChI=1S/C21H32N6O2.HI/c1-2-22-21(24-11-10-23-20(29)17-8-9-17)25-16-19(28)27-14-12-26(13-15-27)18-6-4-3-5-7-18;/h3-7,17H,2,8-16H2,1H3,(H,23,29)(H2,22,24,25);1H. The minimum absolute atomic E-state index is 0. The van der Waals surface area contributed by atoms with Gasteiger partial charge in [0.15, 0.2) is 5.96 Å². The summed E-state index contributed by atoms with van der Waals surface area (Å²) < 4.78 is 0. The number of para-hydroxylation sites is 1. The number of carbonyl (C=O) groups excluding carboxylic acids is 2. The third-order valence-corrected chi connectivity index (χ3v) is 5.14. The van der Waals surface area contributed by atoms with Gasteiger partial charge in [-0.15, -0.1) is 24.0 Å². The lowest BCUT2D eigenvalue weighted by Gasteiger charge is -2.36. The highest BCUT2D eigenvalue weighted by molar-refractivity contribution is 14.0. The van der Waals surface area contributed by atoms with E-state index in [1.165, 1.54) is 5.69 Å². The Kier molecular flexibility index (Phi) is 10.2. The summed E-state index contributed by atoms with van der Waals surface area (Å²) >= 11 is 0. The molecule has 9 heteroatoms. The number of anilines is 1. The molecule has 3 rings (SSSR count). The maximum Gasteiger partial charge on any atom is 0.244 e. The highest BCUT2D eigenvalue weighted by Crippen LogP contribution is 2.28. The Bertz CT molecular complexity index is 703. The van der Waals surface area contributed by atoms with Gasteiger partial charge >= 0.3 is 0 Å². The largest absolute Gasteiger partial charge is 0.368 e. The summed E-state index contributed by atoms with van der Waals surface area (Å²) in [5, 5.41) is 9.22. The lowest BCUT2D eigenvalue weighted by Crippen LogP contribution is -2.49. The topological polar surface area (TPSA) is 89.1 Å². The lowest BCUT2D eigenvalue weighted by molar-refractivity contribution is -0.129. The van der Waals surface area contributed by atoms with E-state index in [-0.39, 0.29) is 48.3 Å². The molecule has 1 aliphatic carbocycles. The molecule has 2 amide bonds. The van der Waals surface area contributed by atoms with Crippen LogP contribution in [0.5, 0.6) is 0 Å². The van der Waals surface area contributed by atoms with Crippen molar-refractivity contribution in [2.45, 2.75) is 19.8 Å². The first-order valence-corrected chi connectivity index (χ1v) is 10.5. The average Bonchev–Trinajstić information content (AvgIpc) is 3.61. The van der Waals surface area contributed by atoms with Crippen molar-refractivity contribution in [2.24, 2.45) is 10.9 Å². The van der Waals surface area contributed by atoms with E-state index in [9.17, 15) is 9.59 Å². The van der Waals surface area contributed by atoms with E-state index < -0.39 is 0 Å². The fraction of sp³-hybridized carbons (Fsp3) is 0.571. The molecule has 3 N–H and O–H groups in total. The zero-order valence-electron chi connectivity index (χ0n) is 17.6. The smallest absolute Gasteiger partial charge is 0.244 e. The molecule has 8 nitrogen and oxygen atoms in total. The SMILES string of the molecule is CCNC(=NCC(=O)N1CCN(c2ccccc2)CC1)NCCNC(=O)C1CC1.I. The molecule has 0 bridgehead atoms. The molecule has 0 radical (unpaired) electrons.